The van der Waals surface area contributed by atoms with Crippen molar-refractivity contribution in [2.75, 3.05) is 10.6 Å². The van der Waals surface area contributed by atoms with E-state index in [0.717, 1.165) is 15.2 Å². The molecule has 3 aromatic rings. The van der Waals surface area contributed by atoms with Gasteiger partial charge in [0.2, 0.25) is 0 Å². The number of benzene rings is 3. The summed E-state index contributed by atoms with van der Waals surface area (Å²) in [6.45, 7) is 0. The number of halogens is 1. The van der Waals surface area contributed by atoms with Crippen LogP contribution < -0.4 is 10.6 Å². The summed E-state index contributed by atoms with van der Waals surface area (Å²) in [6, 6.07) is 20.4. The largest absolute Gasteiger partial charge is 0.318 e. The van der Waals surface area contributed by atoms with Crippen molar-refractivity contribution < 1.29 is 9.59 Å². The zero-order valence-electron chi connectivity index (χ0n) is 12.0. The first-order valence-electron chi connectivity index (χ1n) is 6.98. The van der Waals surface area contributed by atoms with Crippen LogP contribution in [0.15, 0.2) is 71.2 Å². The fraction of sp³-hybridized carbons (Fsp3) is 0. The molecule has 0 saturated heterocycles. The first kappa shape index (κ1) is 15.2. The molecule has 2 N–H and O–H groups in total. The first-order chi connectivity index (χ1) is 11.1. The molecule has 5 heteroatoms. The summed E-state index contributed by atoms with van der Waals surface area (Å²) < 4.78 is 0.824. The van der Waals surface area contributed by atoms with Crippen LogP contribution in [0.4, 0.5) is 11.4 Å². The summed E-state index contributed by atoms with van der Waals surface area (Å²) in [5.74, 6) is -1.42. The van der Waals surface area contributed by atoms with E-state index in [1.165, 1.54) is 0 Å². The van der Waals surface area contributed by atoms with Gasteiger partial charge in [-0.2, -0.15) is 0 Å². The lowest BCUT2D eigenvalue weighted by Crippen LogP contribution is -2.29. The second-order valence-electron chi connectivity index (χ2n) is 4.98. The van der Waals surface area contributed by atoms with Gasteiger partial charge in [0.1, 0.15) is 0 Å². The minimum Gasteiger partial charge on any atom is -0.318 e. The van der Waals surface area contributed by atoms with E-state index < -0.39 is 11.8 Å². The fourth-order valence-electron chi connectivity index (χ4n) is 2.21. The van der Waals surface area contributed by atoms with E-state index in [4.69, 9.17) is 0 Å². The van der Waals surface area contributed by atoms with Crippen LogP contribution in [0.1, 0.15) is 0 Å². The molecule has 0 saturated carbocycles. The Morgan fingerprint density at radius 2 is 1.35 bits per heavy atom. The average Bonchev–Trinajstić information content (AvgIpc) is 2.54. The summed E-state index contributed by atoms with van der Waals surface area (Å²) in [5.41, 5.74) is 1.14. The van der Waals surface area contributed by atoms with Crippen molar-refractivity contribution in [1.29, 1.82) is 0 Å². The first-order valence-corrected chi connectivity index (χ1v) is 7.78. The van der Waals surface area contributed by atoms with Gasteiger partial charge in [-0.05, 0) is 41.1 Å². The Balaban J connectivity index is 1.71. The number of rotatable bonds is 2. The number of carbonyl (C=O) groups is 2. The summed E-state index contributed by atoms with van der Waals surface area (Å²) >= 11 is 3.31. The van der Waals surface area contributed by atoms with Crippen molar-refractivity contribution in [1.82, 2.24) is 0 Å². The van der Waals surface area contributed by atoms with E-state index in [2.05, 4.69) is 26.6 Å². The van der Waals surface area contributed by atoms with Gasteiger partial charge in [-0.1, -0.05) is 52.3 Å². The Morgan fingerprint density at radius 1 is 0.696 bits per heavy atom. The van der Waals surface area contributed by atoms with Gasteiger partial charge >= 0.3 is 11.8 Å². The van der Waals surface area contributed by atoms with E-state index in [0.29, 0.717) is 11.4 Å². The van der Waals surface area contributed by atoms with Crippen molar-refractivity contribution in [3.8, 4) is 0 Å². The minimum absolute atomic E-state index is 0.554. The Hall–Kier alpha value is -2.66. The van der Waals surface area contributed by atoms with E-state index in [1.54, 1.807) is 24.3 Å². The predicted octanol–water partition coefficient (Wildman–Crippen LogP) is 4.18. The molecule has 0 aliphatic rings. The molecule has 0 aliphatic carbocycles. The Labute approximate surface area is 141 Å². The van der Waals surface area contributed by atoms with Crippen molar-refractivity contribution in [2.24, 2.45) is 0 Å². The third kappa shape index (κ3) is 3.76. The molecule has 114 valence electrons. The molecule has 3 rings (SSSR count). The van der Waals surface area contributed by atoms with Crippen LogP contribution in [-0.4, -0.2) is 11.8 Å². The molecule has 2 amide bonds. The molecule has 0 heterocycles. The van der Waals surface area contributed by atoms with Crippen LogP contribution in [0, 0.1) is 0 Å². The zero-order chi connectivity index (χ0) is 16.2. The third-order valence-electron chi connectivity index (χ3n) is 3.30. The van der Waals surface area contributed by atoms with Crippen LogP contribution in [0.5, 0.6) is 0 Å². The smallest absolute Gasteiger partial charge is 0.314 e. The molecule has 0 bridgehead atoms. The van der Waals surface area contributed by atoms with Crippen molar-refractivity contribution in [3.05, 3.63) is 71.2 Å². The van der Waals surface area contributed by atoms with Crippen LogP contribution >= 0.6 is 15.9 Å². The summed E-state index contributed by atoms with van der Waals surface area (Å²) in [5, 5.41) is 7.24. The quantitative estimate of drug-likeness (QED) is 0.666. The molecule has 3 aromatic carbocycles. The number of anilines is 2. The number of carbonyl (C=O) groups excluding carboxylic acids is 2. The van der Waals surface area contributed by atoms with Gasteiger partial charge in [-0.3, -0.25) is 9.59 Å². The molecule has 0 aromatic heterocycles. The summed E-state index contributed by atoms with van der Waals surface area (Å²) in [7, 11) is 0. The highest BCUT2D eigenvalue weighted by Crippen LogP contribution is 2.19. The number of amides is 2. The molecule has 0 spiro atoms. The molecule has 0 unspecified atom stereocenters. The van der Waals surface area contributed by atoms with Gasteiger partial charge in [0.15, 0.2) is 0 Å². The normalized spacial score (nSPS) is 10.3. The van der Waals surface area contributed by atoms with Crippen LogP contribution in [0.25, 0.3) is 10.8 Å². The highest BCUT2D eigenvalue weighted by atomic mass is 79.9. The van der Waals surface area contributed by atoms with Gasteiger partial charge in [-0.25, -0.2) is 0 Å². The Kier molecular flexibility index (Phi) is 4.39. The number of nitrogens with one attached hydrogen (secondary N) is 2. The molecule has 4 nitrogen and oxygen atoms in total. The Bertz CT molecular complexity index is 893. The zero-order valence-corrected chi connectivity index (χ0v) is 13.6. The third-order valence-corrected chi connectivity index (χ3v) is 3.79. The van der Waals surface area contributed by atoms with Crippen molar-refractivity contribution >= 4 is 49.9 Å². The van der Waals surface area contributed by atoms with Gasteiger partial charge in [0, 0.05) is 15.8 Å². The maximum Gasteiger partial charge on any atom is 0.314 e. The standard InChI is InChI=1S/C18H13BrN2O2/c19-14-6-3-7-15(11-14)20-17(22)18(23)21-16-9-8-12-4-1-2-5-13(12)10-16/h1-11H,(H,20,22)(H,21,23). The predicted molar refractivity (Wildman–Crippen MR) is 95.3 cm³/mol. The molecule has 0 radical (unpaired) electrons. The Morgan fingerprint density at radius 3 is 2.04 bits per heavy atom. The number of hydrogen-bond donors (Lipinski definition) is 2. The van der Waals surface area contributed by atoms with E-state index in [1.807, 2.05) is 42.5 Å². The van der Waals surface area contributed by atoms with Crippen LogP contribution in [-0.2, 0) is 9.59 Å². The molecule has 0 aliphatic heterocycles. The lowest BCUT2D eigenvalue weighted by atomic mass is 10.1. The highest BCUT2D eigenvalue weighted by Gasteiger charge is 2.14. The van der Waals surface area contributed by atoms with Crippen LogP contribution in [0.2, 0.25) is 0 Å². The highest BCUT2D eigenvalue weighted by molar-refractivity contribution is 9.10. The van der Waals surface area contributed by atoms with Crippen molar-refractivity contribution in [3.63, 3.8) is 0 Å². The lowest BCUT2D eigenvalue weighted by molar-refractivity contribution is -0.132. The van der Waals surface area contributed by atoms with E-state index >= 15 is 0 Å². The number of fused-ring (bicyclic) bond motifs is 1. The average molecular weight is 369 g/mol. The van der Waals surface area contributed by atoms with Gasteiger partial charge < -0.3 is 10.6 Å². The van der Waals surface area contributed by atoms with E-state index in [9.17, 15) is 9.59 Å². The number of hydrogen-bond acceptors (Lipinski definition) is 2. The summed E-state index contributed by atoms with van der Waals surface area (Å²) in [4.78, 5) is 24.0. The topological polar surface area (TPSA) is 58.2 Å². The van der Waals surface area contributed by atoms with Gasteiger partial charge in [-0.15, -0.1) is 0 Å². The minimum atomic E-state index is -0.712. The monoisotopic (exact) mass is 368 g/mol. The van der Waals surface area contributed by atoms with Crippen molar-refractivity contribution in [2.45, 2.75) is 0 Å². The van der Waals surface area contributed by atoms with Gasteiger partial charge in [0.05, 0.1) is 0 Å². The maximum atomic E-state index is 12.0. The second-order valence-corrected chi connectivity index (χ2v) is 5.90. The van der Waals surface area contributed by atoms with Gasteiger partial charge in [0.25, 0.3) is 0 Å². The fourth-order valence-corrected chi connectivity index (χ4v) is 2.61. The maximum absolute atomic E-state index is 12.0. The molecule has 23 heavy (non-hydrogen) atoms. The van der Waals surface area contributed by atoms with E-state index in [-0.39, 0.29) is 0 Å². The molecule has 0 fully saturated rings. The SMILES string of the molecule is O=C(Nc1cccc(Br)c1)C(=O)Nc1ccc2ccccc2c1. The molecular formula is C18H13BrN2O2. The second kappa shape index (κ2) is 6.62. The molecule has 0 atom stereocenters. The lowest BCUT2D eigenvalue weighted by Gasteiger charge is -2.08. The molecular weight excluding hydrogens is 356 g/mol. The van der Waals surface area contributed by atoms with Crippen LogP contribution in [0.3, 0.4) is 0 Å². The summed E-state index contributed by atoms with van der Waals surface area (Å²) in [6.07, 6.45) is 0.